The largest absolute Gasteiger partial charge is 0.504 e. The number of rotatable bonds is 1. The lowest BCUT2D eigenvalue weighted by Crippen LogP contribution is -2.04. The second-order valence-corrected chi connectivity index (χ2v) is 4.83. The molecule has 110 valence electrons. The van der Waals surface area contributed by atoms with Gasteiger partial charge < -0.3 is 29.5 Å². The van der Waals surface area contributed by atoms with Crippen LogP contribution in [0.3, 0.4) is 0 Å². The number of benzene rings is 2. The van der Waals surface area contributed by atoms with Crippen LogP contribution in [0.5, 0.6) is 46.0 Å². The fourth-order valence-electron chi connectivity index (χ4n) is 2.29. The molecule has 1 aliphatic heterocycles. The first-order valence-corrected chi connectivity index (χ1v) is 6.25. The van der Waals surface area contributed by atoms with Crippen molar-refractivity contribution in [2.24, 2.45) is 0 Å². The van der Waals surface area contributed by atoms with E-state index in [0.29, 0.717) is 16.9 Å². The highest BCUT2D eigenvalue weighted by molar-refractivity contribution is 5.72. The van der Waals surface area contributed by atoms with Crippen molar-refractivity contribution in [2.45, 2.75) is 13.8 Å². The minimum absolute atomic E-state index is 0.0195. The van der Waals surface area contributed by atoms with Gasteiger partial charge in [-0.15, -0.1) is 0 Å². The zero-order chi connectivity index (χ0) is 15.3. The topological polar surface area (TPSA) is 88.4 Å². The van der Waals surface area contributed by atoms with Gasteiger partial charge in [0, 0.05) is 0 Å². The van der Waals surface area contributed by atoms with Crippen LogP contribution in [0, 0.1) is 13.8 Å². The van der Waals surface area contributed by atoms with Crippen LogP contribution in [0.1, 0.15) is 11.1 Å². The maximum absolute atomic E-state index is 10.1. The second-order valence-electron chi connectivity index (χ2n) is 4.83. The number of fused-ring (bicyclic) bond motifs is 2. The Kier molecular flexibility index (Phi) is 2.76. The third kappa shape index (κ3) is 1.79. The van der Waals surface area contributed by atoms with Crippen molar-refractivity contribution >= 4 is 0 Å². The summed E-state index contributed by atoms with van der Waals surface area (Å²) in [5.74, 6) is 0.203. The van der Waals surface area contributed by atoms with E-state index in [9.17, 15) is 15.3 Å². The standard InChI is InChI=1S/C15H14O6/c1-6-4-9(17)13-14(10(6)18)20-11-7(2)5-8(16)12(19-3)15(11)21-13/h4-5,16-18H,1-3H3. The SMILES string of the molecule is COc1c(O)cc(C)c2c1Oc1c(O)cc(C)c(O)c1O2. The molecule has 2 aromatic carbocycles. The monoisotopic (exact) mass is 290 g/mol. The van der Waals surface area contributed by atoms with Crippen LogP contribution in [0.4, 0.5) is 0 Å². The lowest BCUT2D eigenvalue weighted by Gasteiger charge is -2.25. The Morgan fingerprint density at radius 2 is 1.43 bits per heavy atom. The number of phenols is 3. The minimum Gasteiger partial charge on any atom is -0.504 e. The molecule has 0 saturated carbocycles. The molecule has 3 N–H and O–H groups in total. The second kappa shape index (κ2) is 4.37. The molecule has 0 atom stereocenters. The van der Waals surface area contributed by atoms with E-state index in [0.717, 1.165) is 0 Å². The van der Waals surface area contributed by atoms with Gasteiger partial charge in [0.05, 0.1) is 7.11 Å². The molecule has 1 heterocycles. The van der Waals surface area contributed by atoms with Gasteiger partial charge in [-0.3, -0.25) is 0 Å². The molecule has 6 heteroatoms. The number of hydrogen-bond acceptors (Lipinski definition) is 6. The third-order valence-corrected chi connectivity index (χ3v) is 3.35. The van der Waals surface area contributed by atoms with Crippen LogP contribution in [0.2, 0.25) is 0 Å². The summed E-state index contributed by atoms with van der Waals surface area (Å²) in [6.07, 6.45) is 0. The van der Waals surface area contributed by atoms with Crippen LogP contribution >= 0.6 is 0 Å². The summed E-state index contributed by atoms with van der Waals surface area (Å²) in [4.78, 5) is 0. The summed E-state index contributed by atoms with van der Waals surface area (Å²) in [5, 5.41) is 29.9. The molecular weight excluding hydrogens is 276 g/mol. The van der Waals surface area contributed by atoms with Gasteiger partial charge in [0.15, 0.2) is 23.0 Å². The van der Waals surface area contributed by atoms with Crippen molar-refractivity contribution in [3.8, 4) is 46.0 Å². The van der Waals surface area contributed by atoms with E-state index in [1.54, 1.807) is 13.8 Å². The van der Waals surface area contributed by atoms with Gasteiger partial charge in [0.1, 0.15) is 0 Å². The highest BCUT2D eigenvalue weighted by Crippen LogP contribution is 2.59. The highest BCUT2D eigenvalue weighted by atomic mass is 16.6. The number of hydrogen-bond donors (Lipinski definition) is 3. The molecule has 0 amide bonds. The molecule has 0 aliphatic carbocycles. The van der Waals surface area contributed by atoms with Crippen molar-refractivity contribution < 1.29 is 29.5 Å². The molecule has 21 heavy (non-hydrogen) atoms. The van der Waals surface area contributed by atoms with E-state index in [1.165, 1.54) is 19.2 Å². The van der Waals surface area contributed by atoms with Crippen LogP contribution in [-0.4, -0.2) is 22.4 Å². The molecule has 0 aromatic heterocycles. The smallest absolute Gasteiger partial charge is 0.216 e. The predicted molar refractivity (Wildman–Crippen MR) is 74.1 cm³/mol. The maximum atomic E-state index is 10.1. The van der Waals surface area contributed by atoms with Gasteiger partial charge >= 0.3 is 0 Å². The van der Waals surface area contributed by atoms with Crippen molar-refractivity contribution in [1.29, 1.82) is 0 Å². The zero-order valence-electron chi connectivity index (χ0n) is 11.7. The highest BCUT2D eigenvalue weighted by Gasteiger charge is 2.31. The zero-order valence-corrected chi connectivity index (χ0v) is 11.7. The summed E-state index contributed by atoms with van der Waals surface area (Å²) in [6, 6.07) is 2.84. The third-order valence-electron chi connectivity index (χ3n) is 3.35. The van der Waals surface area contributed by atoms with Gasteiger partial charge in [-0.25, -0.2) is 0 Å². The van der Waals surface area contributed by atoms with Crippen molar-refractivity contribution in [2.75, 3.05) is 7.11 Å². The van der Waals surface area contributed by atoms with E-state index in [2.05, 4.69) is 0 Å². The average molecular weight is 290 g/mol. The molecule has 3 rings (SSSR count). The van der Waals surface area contributed by atoms with Gasteiger partial charge in [-0.05, 0) is 37.1 Å². The van der Waals surface area contributed by atoms with Gasteiger partial charge in [0.25, 0.3) is 0 Å². The molecule has 0 spiro atoms. The summed E-state index contributed by atoms with van der Waals surface area (Å²) < 4.78 is 16.4. The number of aryl methyl sites for hydroxylation is 2. The number of ether oxygens (including phenoxy) is 3. The van der Waals surface area contributed by atoms with E-state index in [-0.39, 0.29) is 40.2 Å². The van der Waals surface area contributed by atoms with Gasteiger partial charge in [-0.1, -0.05) is 0 Å². The Hall–Kier alpha value is -2.76. The van der Waals surface area contributed by atoms with Crippen molar-refractivity contribution in [1.82, 2.24) is 0 Å². The van der Waals surface area contributed by atoms with Crippen LogP contribution < -0.4 is 14.2 Å². The Labute approximate surface area is 120 Å². The molecule has 0 fully saturated rings. The molecular formula is C15H14O6. The summed E-state index contributed by atoms with van der Waals surface area (Å²) in [7, 11) is 1.38. The van der Waals surface area contributed by atoms with E-state index in [4.69, 9.17) is 14.2 Å². The minimum atomic E-state index is -0.172. The number of aromatic hydroxyl groups is 3. The summed E-state index contributed by atoms with van der Waals surface area (Å²) in [6.45, 7) is 3.36. The Balaban J connectivity index is 2.26. The number of phenolic OH excluding ortho intramolecular Hbond substituents is 3. The normalized spacial score (nSPS) is 12.0. The van der Waals surface area contributed by atoms with Gasteiger partial charge in [-0.2, -0.15) is 0 Å². The predicted octanol–water partition coefficient (Wildman–Crippen LogP) is 3.33. The van der Waals surface area contributed by atoms with Crippen LogP contribution in [0.25, 0.3) is 0 Å². The first-order chi connectivity index (χ1) is 9.93. The molecule has 6 nitrogen and oxygen atoms in total. The Bertz CT molecular complexity index is 751. The van der Waals surface area contributed by atoms with Crippen LogP contribution in [-0.2, 0) is 0 Å². The first kappa shape index (κ1) is 13.2. The Morgan fingerprint density at radius 1 is 0.810 bits per heavy atom. The van der Waals surface area contributed by atoms with Crippen LogP contribution in [0.15, 0.2) is 12.1 Å². The molecule has 2 aromatic rings. The summed E-state index contributed by atoms with van der Waals surface area (Å²) in [5.41, 5.74) is 1.07. The lowest BCUT2D eigenvalue weighted by atomic mass is 10.1. The van der Waals surface area contributed by atoms with Crippen molar-refractivity contribution in [3.63, 3.8) is 0 Å². The maximum Gasteiger partial charge on any atom is 0.216 e. The molecule has 0 saturated heterocycles. The quantitative estimate of drug-likeness (QED) is 0.596. The van der Waals surface area contributed by atoms with E-state index >= 15 is 0 Å². The van der Waals surface area contributed by atoms with E-state index < -0.39 is 0 Å². The van der Waals surface area contributed by atoms with E-state index in [1.807, 2.05) is 0 Å². The van der Waals surface area contributed by atoms with Gasteiger partial charge in [0.2, 0.25) is 23.0 Å². The lowest BCUT2D eigenvalue weighted by molar-refractivity contribution is 0.293. The molecule has 0 radical (unpaired) electrons. The summed E-state index contributed by atoms with van der Waals surface area (Å²) >= 11 is 0. The fraction of sp³-hybridized carbons (Fsp3) is 0.200. The molecule has 0 bridgehead atoms. The molecule has 1 aliphatic rings. The van der Waals surface area contributed by atoms with Crippen molar-refractivity contribution in [3.05, 3.63) is 23.3 Å². The molecule has 0 unspecified atom stereocenters. The average Bonchev–Trinajstić information content (AvgIpc) is 2.44. The fourth-order valence-corrected chi connectivity index (χ4v) is 2.29. The first-order valence-electron chi connectivity index (χ1n) is 6.25. The number of methoxy groups -OCH3 is 1. The Morgan fingerprint density at radius 3 is 2.10 bits per heavy atom.